The lowest BCUT2D eigenvalue weighted by Crippen LogP contribution is -2.42. The van der Waals surface area contributed by atoms with Crippen LogP contribution in [0.4, 0.5) is 31.8 Å². The van der Waals surface area contributed by atoms with Gasteiger partial charge in [0.1, 0.15) is 12.3 Å². The minimum atomic E-state index is -0.624. The first-order chi connectivity index (χ1) is 19.3. The van der Waals surface area contributed by atoms with Crippen LogP contribution in [0.15, 0.2) is 42.7 Å². The summed E-state index contributed by atoms with van der Waals surface area (Å²) in [5.74, 6) is -0.739. The van der Waals surface area contributed by atoms with Crippen LogP contribution in [-0.2, 0) is 0 Å². The van der Waals surface area contributed by atoms with Gasteiger partial charge in [-0.1, -0.05) is 0 Å². The van der Waals surface area contributed by atoms with E-state index in [1.807, 2.05) is 32.2 Å². The summed E-state index contributed by atoms with van der Waals surface area (Å²) in [6.07, 6.45) is 5.27. The maximum absolute atomic E-state index is 15.1. The number of benzene rings is 2. The molecule has 0 radical (unpaired) electrons. The zero-order chi connectivity index (χ0) is 28.0. The molecule has 40 heavy (non-hydrogen) atoms. The third kappa shape index (κ3) is 4.81. The standard InChI is InChI=1S/C30H35F2N7O/c1-18(2)39-13-14-40-29-22(31)15-19(16-26(29)39)27-23(32)17-34-30(36-27)35-24-5-6-25(28-21(24)7-10-33-28)38-11-8-20(9-12-38)37(3)4/h5-7,10,15-18,20,33H,8-9,11-14H2,1-4H3,(H,34,35,36). The van der Waals surface area contributed by atoms with Gasteiger partial charge in [-0.2, -0.15) is 0 Å². The van der Waals surface area contributed by atoms with Gasteiger partial charge >= 0.3 is 0 Å². The Labute approximate surface area is 233 Å². The summed E-state index contributed by atoms with van der Waals surface area (Å²) in [4.78, 5) is 18.8. The normalized spacial score (nSPS) is 16.1. The predicted octanol–water partition coefficient (Wildman–Crippen LogP) is 5.78. The first-order valence-corrected chi connectivity index (χ1v) is 13.8. The summed E-state index contributed by atoms with van der Waals surface area (Å²) in [5, 5.41) is 4.26. The largest absolute Gasteiger partial charge is 0.486 e. The highest BCUT2D eigenvalue weighted by Crippen LogP contribution is 2.40. The van der Waals surface area contributed by atoms with Gasteiger partial charge in [-0.05, 0) is 71.1 Å². The average molecular weight is 548 g/mol. The predicted molar refractivity (Wildman–Crippen MR) is 156 cm³/mol. The van der Waals surface area contributed by atoms with Crippen LogP contribution in [0, 0.1) is 11.6 Å². The van der Waals surface area contributed by atoms with E-state index in [1.165, 1.54) is 6.07 Å². The molecular formula is C30H35F2N7O. The number of fused-ring (bicyclic) bond motifs is 2. The van der Waals surface area contributed by atoms with Gasteiger partial charge in [0.05, 0.1) is 35.3 Å². The molecule has 1 fully saturated rings. The number of halogens is 2. The van der Waals surface area contributed by atoms with Crippen LogP contribution in [0.3, 0.4) is 0 Å². The molecule has 0 amide bonds. The van der Waals surface area contributed by atoms with Crippen molar-refractivity contribution in [1.29, 1.82) is 0 Å². The fourth-order valence-electron chi connectivity index (χ4n) is 5.86. The van der Waals surface area contributed by atoms with Crippen molar-refractivity contribution in [3.8, 4) is 17.0 Å². The van der Waals surface area contributed by atoms with Gasteiger partial charge in [-0.3, -0.25) is 0 Å². The third-order valence-electron chi connectivity index (χ3n) is 8.04. The highest BCUT2D eigenvalue weighted by molar-refractivity contribution is 6.01. The van der Waals surface area contributed by atoms with Gasteiger partial charge < -0.3 is 29.7 Å². The topological polar surface area (TPSA) is 72.6 Å². The third-order valence-corrected chi connectivity index (χ3v) is 8.04. The molecule has 4 heterocycles. The zero-order valence-electron chi connectivity index (χ0n) is 23.3. The van der Waals surface area contributed by atoms with Gasteiger partial charge in [-0.25, -0.2) is 18.7 Å². The fourth-order valence-corrected chi connectivity index (χ4v) is 5.86. The molecule has 210 valence electrons. The smallest absolute Gasteiger partial charge is 0.227 e. The summed E-state index contributed by atoms with van der Waals surface area (Å²) < 4.78 is 35.7. The van der Waals surface area contributed by atoms with Crippen LogP contribution in [0.2, 0.25) is 0 Å². The van der Waals surface area contributed by atoms with Crippen molar-refractivity contribution in [3.63, 3.8) is 0 Å². The summed E-state index contributed by atoms with van der Waals surface area (Å²) in [6.45, 7) is 7.08. The maximum Gasteiger partial charge on any atom is 0.227 e. The molecule has 0 aliphatic carbocycles. The van der Waals surface area contributed by atoms with E-state index >= 15 is 8.78 Å². The van der Waals surface area contributed by atoms with Gasteiger partial charge in [0, 0.05) is 42.3 Å². The highest BCUT2D eigenvalue weighted by Gasteiger charge is 2.26. The van der Waals surface area contributed by atoms with E-state index in [9.17, 15) is 0 Å². The number of aromatic amines is 1. The van der Waals surface area contributed by atoms with Crippen LogP contribution in [0.5, 0.6) is 5.75 Å². The number of hydrogen-bond acceptors (Lipinski definition) is 7. The Morgan fingerprint density at radius 3 is 2.60 bits per heavy atom. The van der Waals surface area contributed by atoms with Crippen LogP contribution >= 0.6 is 0 Å². The number of ether oxygens (including phenoxy) is 1. The number of H-pyrrole nitrogens is 1. The maximum atomic E-state index is 15.1. The number of anilines is 4. The zero-order valence-corrected chi connectivity index (χ0v) is 23.3. The molecule has 2 aromatic heterocycles. The van der Waals surface area contributed by atoms with E-state index in [0.717, 1.165) is 54.4 Å². The van der Waals surface area contributed by atoms with Gasteiger partial charge in [-0.15, -0.1) is 0 Å². The van der Waals surface area contributed by atoms with Gasteiger partial charge in [0.2, 0.25) is 5.95 Å². The van der Waals surface area contributed by atoms with E-state index in [0.29, 0.717) is 30.4 Å². The molecule has 0 bridgehead atoms. The van der Waals surface area contributed by atoms with Crippen LogP contribution < -0.4 is 19.9 Å². The molecule has 2 aliphatic heterocycles. The lowest BCUT2D eigenvalue weighted by molar-refractivity contribution is 0.250. The number of aromatic nitrogens is 3. The second kappa shape index (κ2) is 10.6. The number of rotatable bonds is 6. The molecule has 0 unspecified atom stereocenters. The Morgan fingerprint density at radius 2 is 1.85 bits per heavy atom. The first kappa shape index (κ1) is 26.3. The highest BCUT2D eigenvalue weighted by atomic mass is 19.1. The molecule has 8 nitrogen and oxygen atoms in total. The fraction of sp³-hybridized carbons (Fsp3) is 0.400. The molecule has 6 rings (SSSR count). The summed E-state index contributed by atoms with van der Waals surface area (Å²) in [5.41, 5.74) is 3.95. The Hall–Kier alpha value is -3.92. The van der Waals surface area contributed by atoms with E-state index in [4.69, 9.17) is 4.74 Å². The molecule has 2 aromatic carbocycles. The molecular weight excluding hydrogens is 512 g/mol. The van der Waals surface area contributed by atoms with E-state index < -0.39 is 11.6 Å². The minimum Gasteiger partial charge on any atom is -0.486 e. The Kier molecular flexibility index (Phi) is 6.95. The number of nitrogens with one attached hydrogen (secondary N) is 2. The molecule has 1 saturated heterocycles. The van der Waals surface area contributed by atoms with Crippen LogP contribution in [0.25, 0.3) is 22.2 Å². The van der Waals surface area contributed by atoms with Gasteiger partial charge in [0.15, 0.2) is 17.4 Å². The van der Waals surface area contributed by atoms with Crippen molar-refractivity contribution in [2.45, 2.75) is 38.8 Å². The first-order valence-electron chi connectivity index (χ1n) is 13.8. The van der Waals surface area contributed by atoms with Crippen molar-refractivity contribution in [2.75, 3.05) is 55.5 Å². The van der Waals surface area contributed by atoms with Crippen molar-refractivity contribution >= 4 is 33.9 Å². The van der Waals surface area contributed by atoms with Crippen LogP contribution in [-0.4, -0.2) is 72.3 Å². The van der Waals surface area contributed by atoms with E-state index in [2.05, 4.69) is 55.1 Å². The van der Waals surface area contributed by atoms with Crippen LogP contribution in [0.1, 0.15) is 26.7 Å². The molecule has 10 heteroatoms. The minimum absolute atomic E-state index is 0.0270. The van der Waals surface area contributed by atoms with Crippen molar-refractivity contribution in [2.24, 2.45) is 0 Å². The van der Waals surface area contributed by atoms with Crippen molar-refractivity contribution in [3.05, 3.63) is 54.4 Å². The Bertz CT molecular complexity index is 1530. The lowest BCUT2D eigenvalue weighted by atomic mass is 10.0. The van der Waals surface area contributed by atoms with Gasteiger partial charge in [0.25, 0.3) is 0 Å². The summed E-state index contributed by atoms with van der Waals surface area (Å²) in [7, 11) is 4.29. The summed E-state index contributed by atoms with van der Waals surface area (Å²) >= 11 is 0. The summed E-state index contributed by atoms with van der Waals surface area (Å²) in [6, 6.07) is 9.87. The Morgan fingerprint density at radius 1 is 1.05 bits per heavy atom. The molecule has 4 aromatic rings. The molecule has 0 saturated carbocycles. The van der Waals surface area contributed by atoms with Crippen molar-refractivity contribution in [1.82, 2.24) is 19.9 Å². The number of nitrogens with zero attached hydrogens (tertiary/aromatic N) is 5. The average Bonchev–Trinajstić information content (AvgIpc) is 3.44. The van der Waals surface area contributed by atoms with E-state index in [1.54, 1.807) is 6.07 Å². The lowest BCUT2D eigenvalue weighted by Gasteiger charge is -2.36. The number of piperidine rings is 1. The monoisotopic (exact) mass is 547 g/mol. The molecule has 0 atom stereocenters. The molecule has 2 N–H and O–H groups in total. The van der Waals surface area contributed by atoms with E-state index in [-0.39, 0.29) is 23.4 Å². The SMILES string of the molecule is CC(C)N1CCOc2c(F)cc(-c3nc(Nc4ccc(N5CCC(N(C)C)CC5)c5[nH]ccc45)ncc3F)cc21. The van der Waals surface area contributed by atoms with Crippen molar-refractivity contribution < 1.29 is 13.5 Å². The second-order valence-corrected chi connectivity index (χ2v) is 11.0. The quantitative estimate of drug-likeness (QED) is 0.317. The molecule has 0 spiro atoms. The molecule has 2 aliphatic rings. The number of hydrogen-bond donors (Lipinski definition) is 2. The Balaban J connectivity index is 1.30. The second-order valence-electron chi connectivity index (χ2n) is 11.0.